The van der Waals surface area contributed by atoms with Crippen molar-refractivity contribution in [2.75, 3.05) is 0 Å². The predicted octanol–water partition coefficient (Wildman–Crippen LogP) is 1.88. The molecule has 0 aromatic carbocycles. The SMILES string of the molecule is O=C(CC1C2C=CC(C2)C1C(=O)O)OC(=O)CC1C2C=CC(C2)C1C(=O)O. The highest BCUT2D eigenvalue weighted by atomic mass is 16.6. The number of carbonyl (C=O) groups is 4. The van der Waals surface area contributed by atoms with Crippen molar-refractivity contribution in [3.05, 3.63) is 24.3 Å². The van der Waals surface area contributed by atoms with Gasteiger partial charge in [0.05, 0.1) is 24.7 Å². The van der Waals surface area contributed by atoms with Crippen molar-refractivity contribution >= 4 is 23.9 Å². The van der Waals surface area contributed by atoms with Gasteiger partial charge in [-0.15, -0.1) is 0 Å². The van der Waals surface area contributed by atoms with E-state index in [1.54, 1.807) is 0 Å². The molecule has 0 heterocycles. The maximum atomic E-state index is 12.2. The Bertz CT molecular complexity index is 689. The van der Waals surface area contributed by atoms with Crippen LogP contribution in [0.4, 0.5) is 0 Å². The number of allylic oxidation sites excluding steroid dienone is 4. The molecule has 2 fully saturated rings. The van der Waals surface area contributed by atoms with E-state index in [0.717, 1.165) is 12.8 Å². The van der Waals surface area contributed by atoms with Gasteiger partial charge in [-0.1, -0.05) is 24.3 Å². The van der Waals surface area contributed by atoms with Crippen LogP contribution < -0.4 is 0 Å². The van der Waals surface area contributed by atoms with E-state index in [9.17, 15) is 29.4 Å². The number of fused-ring (bicyclic) bond motifs is 4. The summed E-state index contributed by atoms with van der Waals surface area (Å²) in [5, 5.41) is 18.8. The van der Waals surface area contributed by atoms with E-state index in [0.29, 0.717) is 0 Å². The maximum Gasteiger partial charge on any atom is 0.313 e. The van der Waals surface area contributed by atoms with Gasteiger partial charge in [0.1, 0.15) is 0 Å². The molecular formula is C20H22O7. The van der Waals surface area contributed by atoms with Gasteiger partial charge in [0.2, 0.25) is 0 Å². The molecule has 0 aromatic heterocycles. The number of rotatable bonds is 6. The zero-order valence-corrected chi connectivity index (χ0v) is 14.7. The summed E-state index contributed by atoms with van der Waals surface area (Å²) < 4.78 is 4.93. The third kappa shape index (κ3) is 3.09. The standard InChI is InChI=1S/C20H22O7/c21-15(7-13-9-1-3-11(5-9)17(13)19(23)24)27-16(22)8-14-10-2-4-12(6-10)18(14)20(25)26/h1-4,9-14,17-18H,5-8H2,(H,23,24)(H,25,26). The fourth-order valence-electron chi connectivity index (χ4n) is 5.73. The average Bonchev–Trinajstić information content (AvgIpc) is 3.33. The van der Waals surface area contributed by atoms with E-state index in [-0.39, 0.29) is 48.3 Å². The number of aliphatic carboxylic acids is 2. The molecule has 27 heavy (non-hydrogen) atoms. The molecule has 0 aromatic rings. The van der Waals surface area contributed by atoms with Crippen LogP contribution >= 0.6 is 0 Å². The van der Waals surface area contributed by atoms with Crippen LogP contribution in [0.2, 0.25) is 0 Å². The number of ether oxygens (including phenoxy) is 1. The lowest BCUT2D eigenvalue weighted by Crippen LogP contribution is -2.32. The molecule has 4 aliphatic rings. The van der Waals surface area contributed by atoms with Crippen molar-refractivity contribution in [3.63, 3.8) is 0 Å². The summed E-state index contributed by atoms with van der Waals surface area (Å²) in [7, 11) is 0. The topological polar surface area (TPSA) is 118 Å². The van der Waals surface area contributed by atoms with E-state index >= 15 is 0 Å². The fraction of sp³-hybridized carbons (Fsp3) is 0.600. The maximum absolute atomic E-state index is 12.2. The van der Waals surface area contributed by atoms with Crippen molar-refractivity contribution in [2.45, 2.75) is 25.7 Å². The van der Waals surface area contributed by atoms with Crippen LogP contribution in [0.5, 0.6) is 0 Å². The molecule has 8 atom stereocenters. The van der Waals surface area contributed by atoms with Gasteiger partial charge < -0.3 is 14.9 Å². The first-order valence-electron chi connectivity index (χ1n) is 9.41. The number of hydrogen-bond acceptors (Lipinski definition) is 5. The van der Waals surface area contributed by atoms with Gasteiger partial charge in [-0.25, -0.2) is 0 Å². The molecule has 0 aliphatic heterocycles. The van der Waals surface area contributed by atoms with Crippen LogP contribution in [0.25, 0.3) is 0 Å². The molecular weight excluding hydrogens is 352 g/mol. The van der Waals surface area contributed by atoms with Gasteiger partial charge in [-0.05, 0) is 48.3 Å². The van der Waals surface area contributed by atoms with E-state index in [2.05, 4.69) is 0 Å². The van der Waals surface area contributed by atoms with E-state index < -0.39 is 35.7 Å². The third-order valence-corrected chi connectivity index (χ3v) is 6.85. The van der Waals surface area contributed by atoms with Crippen LogP contribution in [0.1, 0.15) is 25.7 Å². The predicted molar refractivity (Wildman–Crippen MR) is 91.0 cm³/mol. The highest BCUT2D eigenvalue weighted by Crippen LogP contribution is 2.50. The normalized spacial score (nSPS) is 40.4. The molecule has 7 nitrogen and oxygen atoms in total. The first-order chi connectivity index (χ1) is 12.8. The summed E-state index contributed by atoms with van der Waals surface area (Å²) in [6.45, 7) is 0. The van der Waals surface area contributed by atoms with Gasteiger partial charge in [0.15, 0.2) is 0 Å². The number of carboxylic acid groups (broad SMARTS) is 2. The monoisotopic (exact) mass is 374 g/mol. The van der Waals surface area contributed by atoms with Crippen molar-refractivity contribution in [1.29, 1.82) is 0 Å². The van der Waals surface area contributed by atoms with Gasteiger partial charge in [-0.2, -0.15) is 0 Å². The van der Waals surface area contributed by atoms with Gasteiger partial charge in [0, 0.05) is 0 Å². The van der Waals surface area contributed by atoms with Crippen LogP contribution in [0.3, 0.4) is 0 Å². The Morgan fingerprint density at radius 3 is 1.44 bits per heavy atom. The summed E-state index contributed by atoms with van der Waals surface area (Å²) in [5.41, 5.74) is 0. The van der Waals surface area contributed by atoms with Crippen molar-refractivity contribution in [3.8, 4) is 0 Å². The third-order valence-electron chi connectivity index (χ3n) is 6.85. The summed E-state index contributed by atoms with van der Waals surface area (Å²) in [6, 6.07) is 0. The first-order valence-corrected chi connectivity index (χ1v) is 9.41. The molecule has 0 amide bonds. The second-order valence-electron chi connectivity index (χ2n) is 8.21. The average molecular weight is 374 g/mol. The zero-order chi connectivity index (χ0) is 19.3. The molecule has 4 bridgehead atoms. The molecule has 2 saturated carbocycles. The molecule has 8 unspecified atom stereocenters. The lowest BCUT2D eigenvalue weighted by Gasteiger charge is -2.25. The lowest BCUT2D eigenvalue weighted by molar-refractivity contribution is -0.162. The van der Waals surface area contributed by atoms with Crippen molar-refractivity contribution < 1.29 is 34.1 Å². The number of carboxylic acids is 2. The summed E-state index contributed by atoms with van der Waals surface area (Å²) in [4.78, 5) is 47.4. The fourth-order valence-corrected chi connectivity index (χ4v) is 5.73. The molecule has 7 heteroatoms. The van der Waals surface area contributed by atoms with Gasteiger partial charge >= 0.3 is 23.9 Å². The highest BCUT2D eigenvalue weighted by molar-refractivity contribution is 5.87. The second-order valence-corrected chi connectivity index (χ2v) is 8.21. The van der Waals surface area contributed by atoms with Crippen molar-refractivity contribution in [2.24, 2.45) is 47.3 Å². The Hall–Kier alpha value is -2.44. The minimum atomic E-state index is -0.922. The first kappa shape index (κ1) is 17.9. The lowest BCUT2D eigenvalue weighted by atomic mass is 9.80. The van der Waals surface area contributed by atoms with E-state index in [1.807, 2.05) is 24.3 Å². The minimum Gasteiger partial charge on any atom is -0.481 e. The Kier molecular flexibility index (Phi) is 4.40. The summed E-state index contributed by atoms with van der Waals surface area (Å²) in [5.74, 6) is -5.27. The quantitative estimate of drug-likeness (QED) is 0.414. The Labute approximate surface area is 156 Å². The highest BCUT2D eigenvalue weighted by Gasteiger charge is 2.50. The Morgan fingerprint density at radius 2 is 1.07 bits per heavy atom. The van der Waals surface area contributed by atoms with Crippen LogP contribution in [-0.4, -0.2) is 34.1 Å². The second kappa shape index (κ2) is 6.62. The van der Waals surface area contributed by atoms with Crippen LogP contribution in [-0.2, 0) is 23.9 Å². The summed E-state index contributed by atoms with van der Waals surface area (Å²) >= 11 is 0. The molecule has 0 saturated heterocycles. The van der Waals surface area contributed by atoms with Gasteiger partial charge in [-0.3, -0.25) is 19.2 Å². The van der Waals surface area contributed by atoms with Crippen LogP contribution in [0.15, 0.2) is 24.3 Å². The van der Waals surface area contributed by atoms with E-state index in [1.165, 1.54) is 0 Å². The van der Waals surface area contributed by atoms with Gasteiger partial charge in [0.25, 0.3) is 0 Å². The molecule has 4 aliphatic carbocycles. The molecule has 0 spiro atoms. The van der Waals surface area contributed by atoms with E-state index in [4.69, 9.17) is 4.74 Å². The van der Waals surface area contributed by atoms with Crippen LogP contribution in [0, 0.1) is 47.3 Å². The number of hydrogen-bond donors (Lipinski definition) is 2. The zero-order valence-electron chi connectivity index (χ0n) is 14.7. The largest absolute Gasteiger partial charge is 0.481 e. The molecule has 2 N–H and O–H groups in total. The number of carbonyl (C=O) groups excluding carboxylic acids is 2. The smallest absolute Gasteiger partial charge is 0.313 e. The van der Waals surface area contributed by atoms with Crippen molar-refractivity contribution in [1.82, 2.24) is 0 Å². The molecule has 4 rings (SSSR count). The summed E-state index contributed by atoms with van der Waals surface area (Å²) in [6.07, 6.45) is 8.92. The Balaban J connectivity index is 1.34. The molecule has 0 radical (unpaired) electrons. The minimum absolute atomic E-state index is 0.0332. The molecule has 144 valence electrons. The Morgan fingerprint density at radius 1 is 0.704 bits per heavy atom. The number of esters is 2.